The molecule has 0 bridgehead atoms. The highest BCUT2D eigenvalue weighted by atomic mass is 16.5. The zero-order valence-corrected chi connectivity index (χ0v) is 10.3. The molecule has 0 unspecified atom stereocenters. The van der Waals surface area contributed by atoms with Crippen LogP contribution in [0.15, 0.2) is 24.3 Å². The third-order valence-electron chi connectivity index (χ3n) is 2.27. The minimum absolute atomic E-state index is 0.0729. The van der Waals surface area contributed by atoms with Gasteiger partial charge < -0.3 is 15.2 Å². The number of hydrogen-bond donors (Lipinski definition) is 2. The van der Waals surface area contributed by atoms with Gasteiger partial charge in [-0.2, -0.15) is 0 Å². The number of ether oxygens (including phenoxy) is 1. The largest absolute Gasteiger partial charge is 0.491 e. The van der Waals surface area contributed by atoms with Crippen LogP contribution in [0.25, 0.3) is 0 Å². The summed E-state index contributed by atoms with van der Waals surface area (Å²) in [7, 11) is 0. The van der Waals surface area contributed by atoms with E-state index in [0.29, 0.717) is 30.9 Å². The maximum atomic E-state index is 11.3. The number of rotatable bonds is 7. The monoisotopic (exact) mass is 251 g/mol. The van der Waals surface area contributed by atoms with Crippen LogP contribution < -0.4 is 10.1 Å². The van der Waals surface area contributed by atoms with E-state index >= 15 is 0 Å². The zero-order valence-electron chi connectivity index (χ0n) is 10.3. The molecule has 0 aliphatic rings. The second kappa shape index (κ2) is 7.32. The molecule has 0 fully saturated rings. The minimum atomic E-state index is -0.842. The predicted octanol–water partition coefficient (Wildman–Crippen LogP) is 2.28. The van der Waals surface area contributed by atoms with Crippen molar-refractivity contribution < 1.29 is 19.4 Å². The fraction of sp³-hybridized carbons (Fsp3) is 0.385. The number of amides is 1. The molecule has 1 rings (SSSR count). The smallest absolute Gasteiger partial charge is 0.303 e. The van der Waals surface area contributed by atoms with E-state index in [-0.39, 0.29) is 12.3 Å². The standard InChI is InChI=1S/C13H17NO4/c1-2-12(15)14-10-6-3-4-7-11(10)18-9-5-8-13(16)17/h3-4,6-7H,2,5,8-9H2,1H3,(H,14,15)(H,16,17). The average Bonchev–Trinajstić information content (AvgIpc) is 2.36. The van der Waals surface area contributed by atoms with Crippen molar-refractivity contribution in [3.8, 4) is 5.75 Å². The second-order valence-electron chi connectivity index (χ2n) is 3.74. The third kappa shape index (κ3) is 4.86. The SMILES string of the molecule is CCC(=O)Nc1ccccc1OCCCC(=O)O. The number of benzene rings is 1. The maximum absolute atomic E-state index is 11.3. The molecule has 0 aliphatic carbocycles. The number of nitrogens with one attached hydrogen (secondary N) is 1. The summed E-state index contributed by atoms with van der Waals surface area (Å²) in [6.07, 6.45) is 0.905. The number of carboxylic acids is 1. The highest BCUT2D eigenvalue weighted by molar-refractivity contribution is 5.91. The summed E-state index contributed by atoms with van der Waals surface area (Å²) in [5.41, 5.74) is 0.611. The van der Waals surface area contributed by atoms with Crippen molar-refractivity contribution in [3.05, 3.63) is 24.3 Å². The van der Waals surface area contributed by atoms with Gasteiger partial charge in [-0.15, -0.1) is 0 Å². The van der Waals surface area contributed by atoms with Gasteiger partial charge in [0.1, 0.15) is 5.75 Å². The van der Waals surface area contributed by atoms with Crippen LogP contribution in [0, 0.1) is 0 Å². The van der Waals surface area contributed by atoms with Crippen LogP contribution in [0.5, 0.6) is 5.75 Å². The van der Waals surface area contributed by atoms with E-state index in [9.17, 15) is 9.59 Å². The van der Waals surface area contributed by atoms with Gasteiger partial charge in [0.25, 0.3) is 0 Å². The first-order valence-electron chi connectivity index (χ1n) is 5.87. The molecule has 2 N–H and O–H groups in total. The van der Waals surface area contributed by atoms with Crippen molar-refractivity contribution in [1.29, 1.82) is 0 Å². The first-order valence-corrected chi connectivity index (χ1v) is 5.87. The topological polar surface area (TPSA) is 75.6 Å². The summed E-state index contributed by atoms with van der Waals surface area (Å²) >= 11 is 0. The van der Waals surface area contributed by atoms with E-state index in [1.807, 2.05) is 0 Å². The molecule has 0 spiro atoms. The molecule has 0 aliphatic heterocycles. The van der Waals surface area contributed by atoms with E-state index in [1.54, 1.807) is 31.2 Å². The van der Waals surface area contributed by atoms with Gasteiger partial charge in [0.05, 0.1) is 12.3 Å². The summed E-state index contributed by atoms with van der Waals surface area (Å²) in [5, 5.41) is 11.2. The van der Waals surface area contributed by atoms with Crippen LogP contribution in [0.2, 0.25) is 0 Å². The summed E-state index contributed by atoms with van der Waals surface area (Å²) < 4.78 is 5.45. The van der Waals surface area contributed by atoms with Gasteiger partial charge in [0.2, 0.25) is 5.91 Å². The quantitative estimate of drug-likeness (QED) is 0.729. The van der Waals surface area contributed by atoms with Crippen LogP contribution in [0.3, 0.4) is 0 Å². The Bertz CT molecular complexity index is 417. The summed E-state index contributed by atoms with van der Waals surface area (Å²) in [6.45, 7) is 2.08. The van der Waals surface area contributed by atoms with Crippen molar-refractivity contribution in [2.24, 2.45) is 0 Å². The van der Waals surface area contributed by atoms with E-state index in [4.69, 9.17) is 9.84 Å². The summed E-state index contributed by atoms with van der Waals surface area (Å²) in [6, 6.07) is 7.09. The summed E-state index contributed by atoms with van der Waals surface area (Å²) in [4.78, 5) is 21.7. The predicted molar refractivity (Wildman–Crippen MR) is 67.7 cm³/mol. The number of carbonyl (C=O) groups is 2. The summed E-state index contributed by atoms with van der Waals surface area (Å²) in [5.74, 6) is -0.368. The molecule has 5 heteroatoms. The van der Waals surface area contributed by atoms with E-state index in [2.05, 4.69) is 5.32 Å². The van der Waals surface area contributed by atoms with Crippen molar-refractivity contribution in [1.82, 2.24) is 0 Å². The molecule has 1 amide bonds. The fourth-order valence-corrected chi connectivity index (χ4v) is 1.34. The first-order chi connectivity index (χ1) is 8.63. The number of carboxylic acid groups (broad SMARTS) is 1. The van der Waals surface area contributed by atoms with Crippen LogP contribution in [0.1, 0.15) is 26.2 Å². The molecule has 0 radical (unpaired) electrons. The van der Waals surface area contributed by atoms with Crippen LogP contribution >= 0.6 is 0 Å². The number of anilines is 1. The molecule has 0 heterocycles. The van der Waals surface area contributed by atoms with Crippen molar-refractivity contribution in [2.45, 2.75) is 26.2 Å². The molecular weight excluding hydrogens is 234 g/mol. The fourth-order valence-electron chi connectivity index (χ4n) is 1.34. The number of aliphatic carboxylic acids is 1. The molecule has 1 aromatic carbocycles. The van der Waals surface area contributed by atoms with Crippen molar-refractivity contribution in [3.63, 3.8) is 0 Å². The molecular formula is C13H17NO4. The molecule has 5 nitrogen and oxygen atoms in total. The molecule has 98 valence electrons. The zero-order chi connectivity index (χ0) is 13.4. The molecule has 18 heavy (non-hydrogen) atoms. The van der Waals surface area contributed by atoms with Crippen LogP contribution in [-0.4, -0.2) is 23.6 Å². The lowest BCUT2D eigenvalue weighted by atomic mass is 10.2. The molecule has 0 aromatic heterocycles. The minimum Gasteiger partial charge on any atom is -0.491 e. The van der Waals surface area contributed by atoms with Gasteiger partial charge in [0.15, 0.2) is 0 Å². The Labute approximate surface area is 106 Å². The van der Waals surface area contributed by atoms with Gasteiger partial charge in [-0.1, -0.05) is 19.1 Å². The van der Waals surface area contributed by atoms with Gasteiger partial charge in [-0.3, -0.25) is 9.59 Å². The van der Waals surface area contributed by atoms with Gasteiger partial charge in [-0.25, -0.2) is 0 Å². The Balaban J connectivity index is 2.53. The second-order valence-corrected chi connectivity index (χ2v) is 3.74. The Kier molecular flexibility index (Phi) is 5.70. The lowest BCUT2D eigenvalue weighted by Crippen LogP contribution is -2.11. The highest BCUT2D eigenvalue weighted by Gasteiger charge is 2.06. The first kappa shape index (κ1) is 14.0. The number of carbonyl (C=O) groups excluding carboxylic acids is 1. The Morgan fingerprint density at radius 3 is 2.72 bits per heavy atom. The lowest BCUT2D eigenvalue weighted by molar-refractivity contribution is -0.137. The average molecular weight is 251 g/mol. The Hall–Kier alpha value is -2.04. The molecule has 0 saturated carbocycles. The van der Waals surface area contributed by atoms with E-state index in [0.717, 1.165) is 0 Å². The lowest BCUT2D eigenvalue weighted by Gasteiger charge is -2.11. The Morgan fingerprint density at radius 2 is 2.06 bits per heavy atom. The van der Waals surface area contributed by atoms with Gasteiger partial charge in [-0.05, 0) is 18.6 Å². The number of para-hydroxylation sites is 2. The van der Waals surface area contributed by atoms with E-state index < -0.39 is 5.97 Å². The molecule has 0 atom stereocenters. The van der Waals surface area contributed by atoms with Crippen molar-refractivity contribution in [2.75, 3.05) is 11.9 Å². The third-order valence-corrected chi connectivity index (χ3v) is 2.27. The van der Waals surface area contributed by atoms with Crippen molar-refractivity contribution >= 4 is 17.6 Å². The van der Waals surface area contributed by atoms with E-state index in [1.165, 1.54) is 0 Å². The highest BCUT2D eigenvalue weighted by Crippen LogP contribution is 2.24. The van der Waals surface area contributed by atoms with Gasteiger partial charge in [0, 0.05) is 12.8 Å². The normalized spacial score (nSPS) is 9.83. The van der Waals surface area contributed by atoms with Crippen LogP contribution in [0.4, 0.5) is 5.69 Å². The van der Waals surface area contributed by atoms with Crippen LogP contribution in [-0.2, 0) is 9.59 Å². The molecule has 0 saturated heterocycles. The van der Waals surface area contributed by atoms with Gasteiger partial charge >= 0.3 is 5.97 Å². The maximum Gasteiger partial charge on any atom is 0.303 e. The molecule has 1 aromatic rings. The number of hydrogen-bond acceptors (Lipinski definition) is 3. The Morgan fingerprint density at radius 1 is 1.33 bits per heavy atom.